The number of carbonyl (C=O) groups is 2. The first-order valence-electron chi connectivity index (χ1n) is 10.5. The molecule has 9 heteroatoms. The van der Waals surface area contributed by atoms with Crippen LogP contribution in [-0.4, -0.2) is 67.2 Å². The van der Waals surface area contributed by atoms with Crippen LogP contribution in [0.15, 0.2) is 47.0 Å². The molecular formula is C24H24FN3O5. The molecule has 0 aliphatic carbocycles. The smallest absolute Gasteiger partial charge is 0.259 e. The first-order chi connectivity index (χ1) is 15.9. The van der Waals surface area contributed by atoms with Crippen LogP contribution in [-0.2, 0) is 0 Å². The van der Waals surface area contributed by atoms with Crippen LogP contribution in [0, 0.1) is 12.7 Å². The second-order valence-corrected chi connectivity index (χ2v) is 7.62. The van der Waals surface area contributed by atoms with Gasteiger partial charge < -0.3 is 23.8 Å². The van der Waals surface area contributed by atoms with E-state index in [1.165, 1.54) is 26.4 Å². The van der Waals surface area contributed by atoms with Crippen molar-refractivity contribution >= 4 is 11.8 Å². The van der Waals surface area contributed by atoms with Gasteiger partial charge in [-0.3, -0.25) is 9.59 Å². The van der Waals surface area contributed by atoms with Crippen molar-refractivity contribution in [3.63, 3.8) is 0 Å². The molecule has 0 atom stereocenters. The van der Waals surface area contributed by atoms with Gasteiger partial charge >= 0.3 is 0 Å². The number of aryl methyl sites for hydroxylation is 1. The van der Waals surface area contributed by atoms with Crippen molar-refractivity contribution in [3.05, 3.63) is 65.2 Å². The van der Waals surface area contributed by atoms with Crippen molar-refractivity contribution in [2.24, 2.45) is 0 Å². The molecule has 1 saturated heterocycles. The first-order valence-corrected chi connectivity index (χ1v) is 10.5. The Morgan fingerprint density at radius 2 is 1.52 bits per heavy atom. The predicted octanol–water partition coefficient (Wildman–Crippen LogP) is 3.40. The minimum atomic E-state index is -0.373. The predicted molar refractivity (Wildman–Crippen MR) is 118 cm³/mol. The number of carbonyl (C=O) groups excluding carboxylic acids is 2. The maximum Gasteiger partial charge on any atom is 0.259 e. The molecule has 0 unspecified atom stereocenters. The topological polar surface area (TPSA) is 85.1 Å². The molecular weight excluding hydrogens is 429 g/mol. The molecule has 8 nitrogen and oxygen atoms in total. The number of ether oxygens (including phenoxy) is 2. The lowest BCUT2D eigenvalue weighted by Gasteiger charge is -2.34. The molecule has 2 amide bonds. The van der Waals surface area contributed by atoms with Gasteiger partial charge in [0.15, 0.2) is 11.5 Å². The van der Waals surface area contributed by atoms with Gasteiger partial charge in [-0.15, -0.1) is 0 Å². The highest BCUT2D eigenvalue weighted by Gasteiger charge is 2.30. The van der Waals surface area contributed by atoms with Crippen molar-refractivity contribution in [3.8, 4) is 22.8 Å². The van der Waals surface area contributed by atoms with E-state index >= 15 is 0 Å². The summed E-state index contributed by atoms with van der Waals surface area (Å²) in [5.41, 5.74) is 1.81. The van der Waals surface area contributed by atoms with E-state index in [9.17, 15) is 14.0 Å². The van der Waals surface area contributed by atoms with Gasteiger partial charge in [0, 0.05) is 37.3 Å². The minimum absolute atomic E-state index is 0.142. The Morgan fingerprint density at radius 3 is 2.12 bits per heavy atom. The molecule has 4 rings (SSSR count). The Morgan fingerprint density at radius 1 is 0.909 bits per heavy atom. The maximum absolute atomic E-state index is 13.3. The van der Waals surface area contributed by atoms with Crippen LogP contribution in [0.1, 0.15) is 26.5 Å². The number of aromatic nitrogens is 1. The quantitative estimate of drug-likeness (QED) is 0.589. The molecule has 3 aromatic rings. The largest absolute Gasteiger partial charge is 0.493 e. The Kier molecular flexibility index (Phi) is 6.30. The number of methoxy groups -OCH3 is 2. The Labute approximate surface area is 190 Å². The summed E-state index contributed by atoms with van der Waals surface area (Å²) < 4.78 is 29.1. The Balaban J connectivity index is 1.47. The van der Waals surface area contributed by atoms with Gasteiger partial charge in [-0.2, -0.15) is 0 Å². The van der Waals surface area contributed by atoms with Crippen LogP contribution in [0.2, 0.25) is 0 Å². The third-order valence-electron chi connectivity index (χ3n) is 5.68. The highest BCUT2D eigenvalue weighted by molar-refractivity contribution is 6.01. The lowest BCUT2D eigenvalue weighted by molar-refractivity contribution is 0.0534. The molecule has 1 aliphatic rings. The van der Waals surface area contributed by atoms with Crippen LogP contribution in [0.4, 0.5) is 4.39 Å². The second kappa shape index (κ2) is 9.32. The molecule has 0 bridgehead atoms. The number of piperazine rings is 1. The summed E-state index contributed by atoms with van der Waals surface area (Å²) in [5, 5.41) is 4.01. The number of benzene rings is 2. The Bertz CT molecular complexity index is 1170. The lowest BCUT2D eigenvalue weighted by Crippen LogP contribution is -2.50. The highest BCUT2D eigenvalue weighted by Crippen LogP contribution is 2.29. The zero-order valence-electron chi connectivity index (χ0n) is 18.6. The summed E-state index contributed by atoms with van der Waals surface area (Å²) in [5.74, 6) is 0.673. The van der Waals surface area contributed by atoms with E-state index in [2.05, 4.69) is 5.16 Å². The van der Waals surface area contributed by atoms with Gasteiger partial charge in [0.1, 0.15) is 22.8 Å². The van der Waals surface area contributed by atoms with E-state index in [1.807, 2.05) is 0 Å². The maximum atomic E-state index is 13.3. The summed E-state index contributed by atoms with van der Waals surface area (Å²) in [6.45, 7) is 3.17. The van der Waals surface area contributed by atoms with Crippen LogP contribution in [0.25, 0.3) is 11.3 Å². The number of halogens is 1. The van der Waals surface area contributed by atoms with E-state index in [1.54, 1.807) is 47.1 Å². The summed E-state index contributed by atoms with van der Waals surface area (Å²) in [4.78, 5) is 29.6. The molecule has 2 heterocycles. The molecule has 1 aliphatic heterocycles. The van der Waals surface area contributed by atoms with Gasteiger partial charge in [-0.25, -0.2) is 4.39 Å². The number of amides is 2. The fraction of sp³-hybridized carbons (Fsp3) is 0.292. The van der Waals surface area contributed by atoms with Crippen LogP contribution >= 0.6 is 0 Å². The third-order valence-corrected chi connectivity index (χ3v) is 5.68. The van der Waals surface area contributed by atoms with Crippen LogP contribution < -0.4 is 9.47 Å². The summed E-state index contributed by atoms with van der Waals surface area (Å²) in [6.07, 6.45) is 0. The van der Waals surface area contributed by atoms with Crippen molar-refractivity contribution in [2.45, 2.75) is 6.92 Å². The van der Waals surface area contributed by atoms with E-state index in [4.69, 9.17) is 14.0 Å². The highest BCUT2D eigenvalue weighted by atomic mass is 19.1. The van der Waals surface area contributed by atoms with E-state index < -0.39 is 0 Å². The molecule has 0 radical (unpaired) electrons. The first kappa shape index (κ1) is 22.3. The number of nitrogens with zero attached hydrogens (tertiary/aromatic N) is 3. The zero-order chi connectivity index (χ0) is 23.5. The fourth-order valence-corrected chi connectivity index (χ4v) is 3.85. The van der Waals surface area contributed by atoms with Crippen LogP contribution in [0.5, 0.6) is 11.5 Å². The third kappa shape index (κ3) is 4.39. The van der Waals surface area contributed by atoms with Crippen molar-refractivity contribution < 1.29 is 28.0 Å². The fourth-order valence-electron chi connectivity index (χ4n) is 3.85. The molecule has 1 fully saturated rings. The monoisotopic (exact) mass is 453 g/mol. The van der Waals surface area contributed by atoms with Gasteiger partial charge in [0.05, 0.1) is 14.2 Å². The standard InChI is InChI=1S/C24H24FN3O5/c1-15-21(22(26-33-15)16-4-7-18(25)8-5-16)24(30)28-12-10-27(11-13-28)23(29)17-6-9-19(31-2)20(14-17)32-3/h4-9,14H,10-13H2,1-3H3. The molecule has 172 valence electrons. The van der Waals surface area contributed by atoms with E-state index in [-0.39, 0.29) is 17.6 Å². The van der Waals surface area contributed by atoms with E-state index in [0.29, 0.717) is 65.8 Å². The molecule has 33 heavy (non-hydrogen) atoms. The average molecular weight is 453 g/mol. The van der Waals surface area contributed by atoms with Crippen molar-refractivity contribution in [2.75, 3.05) is 40.4 Å². The van der Waals surface area contributed by atoms with Gasteiger partial charge in [0.25, 0.3) is 11.8 Å². The minimum Gasteiger partial charge on any atom is -0.493 e. The number of hydrogen-bond acceptors (Lipinski definition) is 6. The molecule has 1 aromatic heterocycles. The van der Waals surface area contributed by atoms with Crippen molar-refractivity contribution in [1.82, 2.24) is 15.0 Å². The average Bonchev–Trinajstić information content (AvgIpc) is 3.24. The Hall–Kier alpha value is -3.88. The molecule has 2 aromatic carbocycles. The summed E-state index contributed by atoms with van der Waals surface area (Å²) in [7, 11) is 3.05. The molecule has 0 N–H and O–H groups in total. The van der Waals surface area contributed by atoms with Gasteiger partial charge in [-0.05, 0) is 49.4 Å². The number of rotatable bonds is 5. The van der Waals surface area contributed by atoms with Crippen molar-refractivity contribution in [1.29, 1.82) is 0 Å². The van der Waals surface area contributed by atoms with Gasteiger partial charge in [0.2, 0.25) is 0 Å². The lowest BCUT2D eigenvalue weighted by atomic mass is 10.0. The second-order valence-electron chi connectivity index (χ2n) is 7.62. The number of hydrogen-bond donors (Lipinski definition) is 0. The normalized spacial score (nSPS) is 13.7. The molecule has 0 spiro atoms. The summed E-state index contributed by atoms with van der Waals surface area (Å²) in [6, 6.07) is 10.8. The molecule has 0 saturated carbocycles. The zero-order valence-corrected chi connectivity index (χ0v) is 18.6. The summed E-state index contributed by atoms with van der Waals surface area (Å²) >= 11 is 0. The SMILES string of the molecule is COc1ccc(C(=O)N2CCN(C(=O)c3c(-c4ccc(F)cc4)noc3C)CC2)cc1OC. The van der Waals surface area contributed by atoms with Crippen LogP contribution in [0.3, 0.4) is 0 Å². The van der Waals surface area contributed by atoms with Gasteiger partial charge in [-0.1, -0.05) is 5.16 Å². The van der Waals surface area contributed by atoms with E-state index in [0.717, 1.165) is 0 Å².